The number of carbonyl (C=O) groups is 2. The largest absolute Gasteiger partial charge is 0.350 e. The fourth-order valence-corrected chi connectivity index (χ4v) is 1.61. The number of hydrogen-bond donors (Lipinski definition) is 2. The number of benzene rings is 1. The van der Waals surface area contributed by atoms with Crippen LogP contribution in [0.4, 0.5) is 4.79 Å². The molecule has 0 aromatic heterocycles. The highest BCUT2D eigenvalue weighted by Gasteiger charge is 2.16. The molecule has 0 aliphatic heterocycles. The van der Waals surface area contributed by atoms with Crippen LogP contribution in [0, 0.1) is 5.92 Å². The van der Waals surface area contributed by atoms with Crippen LogP contribution in [0.25, 0.3) is 0 Å². The van der Waals surface area contributed by atoms with Gasteiger partial charge in [-0.05, 0) is 18.9 Å². The number of ketones is 1. The molecular weight excluding hydrogens is 230 g/mol. The summed E-state index contributed by atoms with van der Waals surface area (Å²) in [4.78, 5) is 22.4. The summed E-state index contributed by atoms with van der Waals surface area (Å²) in [5, 5.41) is 3.63. The average molecular weight is 247 g/mol. The zero-order chi connectivity index (χ0) is 13.5. The molecule has 0 aliphatic rings. The predicted octanol–water partition coefficient (Wildman–Crippen LogP) is 1.48. The van der Waals surface area contributed by atoms with E-state index >= 15 is 0 Å². The van der Waals surface area contributed by atoms with Gasteiger partial charge in [0, 0.05) is 5.92 Å². The number of urea groups is 1. The van der Waals surface area contributed by atoms with E-state index in [1.165, 1.54) is 0 Å². The molecular formula is C13H17N3O2. The molecule has 0 spiro atoms. The van der Waals surface area contributed by atoms with Crippen LogP contribution < -0.4 is 11.2 Å². The molecule has 1 aromatic rings. The summed E-state index contributed by atoms with van der Waals surface area (Å²) in [6.07, 6.45) is 0.642. The van der Waals surface area contributed by atoms with E-state index in [2.05, 4.69) is 10.5 Å². The van der Waals surface area contributed by atoms with E-state index in [9.17, 15) is 9.59 Å². The summed E-state index contributed by atoms with van der Waals surface area (Å²) >= 11 is 0. The van der Waals surface area contributed by atoms with Crippen LogP contribution in [0.1, 0.15) is 19.4 Å². The molecule has 0 radical (unpaired) electrons. The smallest absolute Gasteiger partial charge is 0.332 e. The maximum atomic E-state index is 11.9. The van der Waals surface area contributed by atoms with Crippen molar-refractivity contribution in [3.05, 3.63) is 35.9 Å². The first-order valence-corrected chi connectivity index (χ1v) is 5.68. The minimum absolute atomic E-state index is 0.104. The van der Waals surface area contributed by atoms with Crippen molar-refractivity contribution in [1.29, 1.82) is 0 Å². The molecule has 0 heterocycles. The van der Waals surface area contributed by atoms with Crippen molar-refractivity contribution < 1.29 is 9.59 Å². The summed E-state index contributed by atoms with van der Waals surface area (Å²) in [6, 6.07) is 8.96. The van der Waals surface area contributed by atoms with Gasteiger partial charge in [-0.25, -0.2) is 10.2 Å². The van der Waals surface area contributed by atoms with Gasteiger partial charge >= 0.3 is 6.03 Å². The van der Waals surface area contributed by atoms with Gasteiger partial charge < -0.3 is 5.73 Å². The number of hydrazone groups is 1. The van der Waals surface area contributed by atoms with Gasteiger partial charge in [0.15, 0.2) is 5.78 Å². The van der Waals surface area contributed by atoms with Crippen molar-refractivity contribution in [3.8, 4) is 0 Å². The fraction of sp³-hybridized carbons (Fsp3) is 0.308. The first-order chi connectivity index (χ1) is 8.50. The Labute approximate surface area is 106 Å². The van der Waals surface area contributed by atoms with Gasteiger partial charge in [0.1, 0.15) is 5.71 Å². The Kier molecular flexibility index (Phi) is 5.05. The molecule has 18 heavy (non-hydrogen) atoms. The normalized spacial score (nSPS) is 12.9. The van der Waals surface area contributed by atoms with E-state index in [1.54, 1.807) is 6.92 Å². The number of amides is 2. The van der Waals surface area contributed by atoms with E-state index in [4.69, 9.17) is 5.73 Å². The zero-order valence-corrected chi connectivity index (χ0v) is 10.5. The average Bonchev–Trinajstić information content (AvgIpc) is 2.36. The fourth-order valence-electron chi connectivity index (χ4n) is 1.61. The van der Waals surface area contributed by atoms with E-state index < -0.39 is 6.03 Å². The summed E-state index contributed by atoms with van der Waals surface area (Å²) in [5.41, 5.74) is 8.26. The maximum Gasteiger partial charge on any atom is 0.332 e. The summed E-state index contributed by atoms with van der Waals surface area (Å²) < 4.78 is 0. The molecule has 1 aromatic carbocycles. The second kappa shape index (κ2) is 6.54. The minimum Gasteiger partial charge on any atom is -0.350 e. The van der Waals surface area contributed by atoms with E-state index in [0.717, 1.165) is 5.56 Å². The van der Waals surface area contributed by atoms with Crippen LogP contribution in [-0.2, 0) is 11.2 Å². The lowest BCUT2D eigenvalue weighted by Crippen LogP contribution is -2.29. The van der Waals surface area contributed by atoms with E-state index in [0.29, 0.717) is 6.42 Å². The van der Waals surface area contributed by atoms with Crippen molar-refractivity contribution in [1.82, 2.24) is 5.43 Å². The molecule has 1 unspecified atom stereocenters. The van der Waals surface area contributed by atoms with Crippen LogP contribution in [-0.4, -0.2) is 17.5 Å². The molecule has 0 saturated carbocycles. The molecule has 5 nitrogen and oxygen atoms in total. The number of hydrogen-bond acceptors (Lipinski definition) is 3. The first-order valence-electron chi connectivity index (χ1n) is 5.68. The Bertz CT molecular complexity index is 455. The maximum absolute atomic E-state index is 11.9. The van der Waals surface area contributed by atoms with Crippen LogP contribution in [0.15, 0.2) is 35.4 Å². The van der Waals surface area contributed by atoms with Gasteiger partial charge in [0.2, 0.25) is 0 Å². The van der Waals surface area contributed by atoms with Gasteiger partial charge in [-0.3, -0.25) is 4.79 Å². The third-order valence-electron chi connectivity index (χ3n) is 2.52. The van der Waals surface area contributed by atoms with Gasteiger partial charge in [-0.1, -0.05) is 37.3 Å². The van der Waals surface area contributed by atoms with Gasteiger partial charge in [0.25, 0.3) is 0 Å². The molecule has 2 amide bonds. The molecule has 1 atom stereocenters. The quantitative estimate of drug-likeness (QED) is 0.610. The van der Waals surface area contributed by atoms with Crippen LogP contribution in [0.3, 0.4) is 0 Å². The van der Waals surface area contributed by atoms with E-state index in [1.807, 2.05) is 37.3 Å². The molecule has 5 heteroatoms. The number of rotatable bonds is 5. The highest BCUT2D eigenvalue weighted by molar-refractivity contribution is 6.39. The highest BCUT2D eigenvalue weighted by atomic mass is 16.2. The molecule has 96 valence electrons. The molecule has 0 saturated heterocycles. The molecule has 0 aliphatic carbocycles. The van der Waals surface area contributed by atoms with E-state index in [-0.39, 0.29) is 17.4 Å². The van der Waals surface area contributed by atoms with Crippen molar-refractivity contribution in [2.45, 2.75) is 20.3 Å². The van der Waals surface area contributed by atoms with Gasteiger partial charge in [-0.2, -0.15) is 5.10 Å². The lowest BCUT2D eigenvalue weighted by Gasteiger charge is -2.10. The Hall–Kier alpha value is -2.17. The lowest BCUT2D eigenvalue weighted by atomic mass is 9.95. The Morgan fingerprint density at radius 2 is 1.94 bits per heavy atom. The molecule has 0 fully saturated rings. The van der Waals surface area contributed by atoms with Crippen LogP contribution >= 0.6 is 0 Å². The summed E-state index contributed by atoms with van der Waals surface area (Å²) in [7, 11) is 0. The SMILES string of the molecule is CC(=NNC(N)=O)C(=O)C(C)Cc1ccccc1. The zero-order valence-electron chi connectivity index (χ0n) is 10.5. The minimum atomic E-state index is -0.780. The van der Waals surface area contributed by atoms with Crippen LogP contribution in [0.5, 0.6) is 0 Å². The third-order valence-corrected chi connectivity index (χ3v) is 2.52. The number of nitrogens with one attached hydrogen (secondary N) is 1. The van der Waals surface area contributed by atoms with Crippen LogP contribution in [0.2, 0.25) is 0 Å². The summed E-state index contributed by atoms with van der Waals surface area (Å²) in [6.45, 7) is 3.39. The molecule has 3 N–H and O–H groups in total. The standard InChI is InChI=1S/C13H17N3O2/c1-9(8-11-6-4-3-5-7-11)12(17)10(2)15-16-13(14)18/h3-7,9H,8H2,1-2H3,(H3,14,16,18). The lowest BCUT2D eigenvalue weighted by molar-refractivity contribution is -0.116. The van der Waals surface area contributed by atoms with Crippen molar-refractivity contribution >= 4 is 17.5 Å². The summed E-state index contributed by atoms with van der Waals surface area (Å²) in [5.74, 6) is -0.293. The molecule has 0 bridgehead atoms. The highest BCUT2D eigenvalue weighted by Crippen LogP contribution is 2.09. The van der Waals surface area contributed by atoms with Gasteiger partial charge in [0.05, 0.1) is 0 Å². The van der Waals surface area contributed by atoms with Crippen molar-refractivity contribution in [2.24, 2.45) is 16.8 Å². The number of Topliss-reactive ketones (excluding diaryl/α,β-unsaturated/α-hetero) is 1. The van der Waals surface area contributed by atoms with Gasteiger partial charge in [-0.15, -0.1) is 0 Å². The second-order valence-corrected chi connectivity index (χ2v) is 4.13. The number of nitrogens with two attached hydrogens (primary N) is 1. The predicted molar refractivity (Wildman–Crippen MR) is 70.1 cm³/mol. The Morgan fingerprint density at radius 1 is 1.33 bits per heavy atom. The van der Waals surface area contributed by atoms with Crippen molar-refractivity contribution in [3.63, 3.8) is 0 Å². The number of primary amides is 1. The third kappa shape index (κ3) is 4.37. The topological polar surface area (TPSA) is 84.5 Å². The Morgan fingerprint density at radius 3 is 2.50 bits per heavy atom. The first kappa shape index (κ1) is 13.9. The monoisotopic (exact) mass is 247 g/mol. The Balaban J connectivity index is 2.61. The molecule has 1 rings (SSSR count). The number of nitrogens with zero attached hydrogens (tertiary/aromatic N) is 1. The second-order valence-electron chi connectivity index (χ2n) is 4.13. The van der Waals surface area contributed by atoms with Crippen molar-refractivity contribution in [2.75, 3.05) is 0 Å². The number of carbonyl (C=O) groups excluding carboxylic acids is 2.